The summed E-state index contributed by atoms with van der Waals surface area (Å²) >= 11 is 0. The lowest BCUT2D eigenvalue weighted by Crippen LogP contribution is -2.41. The molecular formula is C20H20N2O4. The van der Waals surface area contributed by atoms with Crippen molar-refractivity contribution in [2.75, 3.05) is 18.2 Å². The quantitative estimate of drug-likeness (QED) is 0.849. The predicted molar refractivity (Wildman–Crippen MR) is 95.2 cm³/mol. The van der Waals surface area contributed by atoms with E-state index in [-0.39, 0.29) is 31.2 Å². The number of hydrogen-bond acceptors (Lipinski definition) is 5. The summed E-state index contributed by atoms with van der Waals surface area (Å²) in [5, 5.41) is 1.78. The largest absolute Gasteiger partial charge is 0.447 e. The summed E-state index contributed by atoms with van der Waals surface area (Å²) in [4.78, 5) is 32.3. The predicted octanol–water partition coefficient (Wildman–Crippen LogP) is 3.16. The van der Waals surface area contributed by atoms with Crippen molar-refractivity contribution in [3.63, 3.8) is 0 Å². The van der Waals surface area contributed by atoms with Gasteiger partial charge in [-0.25, -0.2) is 14.8 Å². The maximum Gasteiger partial charge on any atom is 0.416 e. The van der Waals surface area contributed by atoms with Crippen LogP contribution in [0.3, 0.4) is 0 Å². The fourth-order valence-corrected chi connectivity index (χ4v) is 3.61. The van der Waals surface area contributed by atoms with Crippen LogP contribution in [-0.2, 0) is 14.4 Å². The molecular weight excluding hydrogens is 332 g/mol. The monoisotopic (exact) mass is 352 g/mol. The van der Waals surface area contributed by atoms with Gasteiger partial charge in [-0.2, -0.15) is 0 Å². The Bertz CT molecular complexity index is 796. The normalized spacial score (nSPS) is 25.4. The Morgan fingerprint density at radius 1 is 1.04 bits per heavy atom. The van der Waals surface area contributed by atoms with Crippen molar-refractivity contribution in [3.05, 3.63) is 66.2 Å². The Morgan fingerprint density at radius 2 is 1.69 bits per heavy atom. The van der Waals surface area contributed by atoms with E-state index in [1.165, 1.54) is 4.90 Å². The molecule has 134 valence electrons. The molecule has 2 aromatic rings. The second-order valence-electron chi connectivity index (χ2n) is 6.46. The Labute approximate surface area is 151 Å². The van der Waals surface area contributed by atoms with Gasteiger partial charge in [-0.1, -0.05) is 48.5 Å². The lowest BCUT2D eigenvalue weighted by Gasteiger charge is -2.28. The number of amides is 2. The fraction of sp³-hybridized carbons (Fsp3) is 0.300. The lowest BCUT2D eigenvalue weighted by atomic mass is 9.88. The highest BCUT2D eigenvalue weighted by molar-refractivity contribution is 5.95. The number of carbonyl (C=O) groups excluding carboxylic acids is 2. The third kappa shape index (κ3) is 2.82. The van der Waals surface area contributed by atoms with Crippen molar-refractivity contribution in [1.82, 2.24) is 4.90 Å². The van der Waals surface area contributed by atoms with Gasteiger partial charge in [-0.05, 0) is 24.6 Å². The standard InChI is InChI=1S/C20H20N2O4/c1-14-17(19(23)21-12-13-25-20(21)24)18(15-8-4-2-5-9-15)22(26-14)16-10-6-3-7-11-16/h2-11,14,17-18H,12-13H2,1H3/t14-,17+,18-/m0/s1. The Morgan fingerprint density at radius 3 is 2.31 bits per heavy atom. The summed E-state index contributed by atoms with van der Waals surface area (Å²) in [5.74, 6) is -0.768. The van der Waals surface area contributed by atoms with Crippen LogP contribution >= 0.6 is 0 Å². The molecule has 4 rings (SSSR count). The van der Waals surface area contributed by atoms with E-state index >= 15 is 0 Å². The molecule has 2 aromatic carbocycles. The van der Waals surface area contributed by atoms with Crippen LogP contribution in [0.1, 0.15) is 18.5 Å². The highest BCUT2D eigenvalue weighted by atomic mass is 16.7. The Kier molecular flexibility index (Phi) is 4.34. The van der Waals surface area contributed by atoms with Crippen LogP contribution in [0, 0.1) is 5.92 Å². The molecule has 0 saturated carbocycles. The van der Waals surface area contributed by atoms with Gasteiger partial charge >= 0.3 is 6.09 Å². The van der Waals surface area contributed by atoms with Crippen LogP contribution in [0.5, 0.6) is 0 Å². The number of hydrogen-bond donors (Lipinski definition) is 0. The van der Waals surface area contributed by atoms with Gasteiger partial charge < -0.3 is 4.74 Å². The maximum atomic E-state index is 13.1. The molecule has 0 unspecified atom stereocenters. The summed E-state index contributed by atoms with van der Waals surface area (Å²) in [6.45, 7) is 2.39. The van der Waals surface area contributed by atoms with Crippen LogP contribution in [0.4, 0.5) is 10.5 Å². The number of anilines is 1. The van der Waals surface area contributed by atoms with E-state index in [0.29, 0.717) is 0 Å². The highest BCUT2D eigenvalue weighted by Crippen LogP contribution is 2.43. The first kappa shape index (κ1) is 16.6. The third-order valence-corrected chi connectivity index (χ3v) is 4.84. The van der Waals surface area contributed by atoms with Gasteiger partial charge in [0.25, 0.3) is 0 Å². The molecule has 0 aromatic heterocycles. The number of imide groups is 1. The molecule has 6 nitrogen and oxygen atoms in total. The Hall–Kier alpha value is -2.86. The van der Waals surface area contributed by atoms with E-state index in [0.717, 1.165) is 11.3 Å². The molecule has 2 aliphatic heterocycles. The van der Waals surface area contributed by atoms with Gasteiger partial charge in [0.05, 0.1) is 30.3 Å². The summed E-state index contributed by atoms with van der Waals surface area (Å²) in [7, 11) is 0. The van der Waals surface area contributed by atoms with Crippen molar-refractivity contribution in [1.29, 1.82) is 0 Å². The molecule has 2 heterocycles. The van der Waals surface area contributed by atoms with Crippen LogP contribution in [0.2, 0.25) is 0 Å². The number of hydroxylamine groups is 1. The maximum absolute atomic E-state index is 13.1. The van der Waals surface area contributed by atoms with Gasteiger partial charge in [0.2, 0.25) is 5.91 Å². The average Bonchev–Trinajstić information content (AvgIpc) is 3.26. The summed E-state index contributed by atoms with van der Waals surface area (Å²) in [5.41, 5.74) is 1.83. The SMILES string of the molecule is C[C@@H]1ON(c2ccccc2)[C@@H](c2ccccc2)[C@@H]1C(=O)N1CCOC1=O. The Balaban J connectivity index is 1.74. The lowest BCUT2D eigenvalue weighted by molar-refractivity contribution is -0.133. The van der Waals surface area contributed by atoms with Gasteiger partial charge in [-0.15, -0.1) is 0 Å². The first-order valence-electron chi connectivity index (χ1n) is 8.71. The highest BCUT2D eigenvalue weighted by Gasteiger charge is 2.49. The second-order valence-corrected chi connectivity index (χ2v) is 6.46. The summed E-state index contributed by atoms with van der Waals surface area (Å²) in [6, 6.07) is 19.1. The molecule has 0 radical (unpaired) electrons. The first-order valence-corrected chi connectivity index (χ1v) is 8.71. The van der Waals surface area contributed by atoms with Crippen LogP contribution < -0.4 is 5.06 Å². The smallest absolute Gasteiger partial charge is 0.416 e. The van der Waals surface area contributed by atoms with Gasteiger partial charge in [0, 0.05) is 0 Å². The number of rotatable bonds is 3. The van der Waals surface area contributed by atoms with E-state index in [1.54, 1.807) is 5.06 Å². The van der Waals surface area contributed by atoms with E-state index in [9.17, 15) is 9.59 Å². The number of nitrogens with zero attached hydrogens (tertiary/aromatic N) is 2. The van der Waals surface area contributed by atoms with E-state index in [1.807, 2.05) is 67.6 Å². The minimum Gasteiger partial charge on any atom is -0.447 e. The van der Waals surface area contributed by atoms with Crippen molar-refractivity contribution in [3.8, 4) is 0 Å². The molecule has 26 heavy (non-hydrogen) atoms. The molecule has 0 N–H and O–H groups in total. The molecule has 0 aliphatic carbocycles. The molecule has 6 heteroatoms. The fourth-order valence-electron chi connectivity index (χ4n) is 3.61. The van der Waals surface area contributed by atoms with Gasteiger partial charge in [-0.3, -0.25) is 9.63 Å². The van der Waals surface area contributed by atoms with Crippen molar-refractivity contribution < 1.29 is 19.2 Å². The number of cyclic esters (lactones) is 1. The number of ether oxygens (including phenoxy) is 1. The second kappa shape index (κ2) is 6.80. The molecule has 2 saturated heterocycles. The third-order valence-electron chi connectivity index (χ3n) is 4.84. The van der Waals surface area contributed by atoms with E-state index < -0.39 is 12.0 Å². The van der Waals surface area contributed by atoms with Crippen LogP contribution in [0.25, 0.3) is 0 Å². The zero-order chi connectivity index (χ0) is 18.1. The molecule has 2 fully saturated rings. The van der Waals surface area contributed by atoms with E-state index in [4.69, 9.17) is 9.57 Å². The molecule has 3 atom stereocenters. The average molecular weight is 352 g/mol. The zero-order valence-corrected chi connectivity index (χ0v) is 14.4. The minimum atomic E-state index is -0.577. The number of benzene rings is 2. The van der Waals surface area contributed by atoms with Crippen molar-refractivity contribution >= 4 is 17.7 Å². The topological polar surface area (TPSA) is 59.1 Å². The van der Waals surface area contributed by atoms with Gasteiger partial charge in [0.15, 0.2) is 0 Å². The molecule has 0 spiro atoms. The van der Waals surface area contributed by atoms with Crippen LogP contribution in [0.15, 0.2) is 60.7 Å². The van der Waals surface area contributed by atoms with Crippen molar-refractivity contribution in [2.45, 2.75) is 19.1 Å². The molecule has 2 aliphatic rings. The molecule has 2 amide bonds. The minimum absolute atomic E-state index is 0.241. The van der Waals surface area contributed by atoms with Crippen LogP contribution in [-0.4, -0.2) is 36.2 Å². The molecule has 0 bridgehead atoms. The van der Waals surface area contributed by atoms with Crippen molar-refractivity contribution in [2.24, 2.45) is 5.92 Å². The zero-order valence-electron chi connectivity index (χ0n) is 14.4. The number of carbonyl (C=O) groups is 2. The van der Waals surface area contributed by atoms with Gasteiger partial charge in [0.1, 0.15) is 6.61 Å². The first-order chi connectivity index (χ1) is 12.7. The number of para-hydroxylation sites is 1. The summed E-state index contributed by atoms with van der Waals surface area (Å²) in [6.07, 6.45) is -0.950. The van der Waals surface area contributed by atoms with E-state index in [2.05, 4.69) is 0 Å². The summed E-state index contributed by atoms with van der Waals surface area (Å²) < 4.78 is 4.95.